The molecular weight excluding hydrogens is 84.1 g/mol. The molecule has 1 aliphatic rings. The van der Waals surface area contributed by atoms with Gasteiger partial charge in [-0.1, -0.05) is 19.0 Å². The van der Waals surface area contributed by atoms with Gasteiger partial charge in [0.1, 0.15) is 0 Å². The van der Waals surface area contributed by atoms with Gasteiger partial charge in [-0.3, -0.25) is 0 Å². The highest BCUT2D eigenvalue weighted by Crippen LogP contribution is 2.14. The molecule has 2 unspecified atom stereocenters. The number of hydrogen-bond acceptors (Lipinski definition) is 0. The van der Waals surface area contributed by atoms with Gasteiger partial charge in [-0.05, 0) is 25.0 Å². The van der Waals surface area contributed by atoms with Gasteiger partial charge in [0, 0.05) is 12.3 Å². The Morgan fingerprint density at radius 1 is 2.14 bits per heavy atom. The number of rotatable bonds is 0. The van der Waals surface area contributed by atoms with Crippen molar-refractivity contribution in [3.05, 3.63) is 12.2 Å². The van der Waals surface area contributed by atoms with Crippen molar-refractivity contribution in [2.24, 2.45) is 5.89 Å². The Hall–Kier alpha value is -0.260. The molecule has 1 rings (SSSR count). The first kappa shape index (κ1) is 0.896. The lowest BCUT2D eigenvalue weighted by Gasteiger charge is -2.08. The molecule has 0 fully saturated rings. The molecule has 1 aliphatic carbocycles. The summed E-state index contributed by atoms with van der Waals surface area (Å²) >= 11 is 0. The summed E-state index contributed by atoms with van der Waals surface area (Å²) in [6, 6.07) is 0. The van der Waals surface area contributed by atoms with Crippen molar-refractivity contribution >= 4 is 0 Å². The first-order valence-corrected chi connectivity index (χ1v) is 1.99. The second kappa shape index (κ2) is 2.15. The van der Waals surface area contributed by atoms with Crippen LogP contribution in [0, 0.1) is 5.89 Å². The van der Waals surface area contributed by atoms with Crippen LogP contribution >= 0.6 is 0 Å². The fourth-order valence-corrected chi connectivity index (χ4v) is 0.354. The van der Waals surface area contributed by atoms with Gasteiger partial charge in [-0.2, -0.15) is 0 Å². The van der Waals surface area contributed by atoms with Gasteiger partial charge in [-0.25, -0.2) is 0 Å². The average molecular weight is 105 g/mol. The van der Waals surface area contributed by atoms with Gasteiger partial charge >= 0.3 is 0 Å². The third kappa shape index (κ3) is 1.34. The highest BCUT2D eigenvalue weighted by Gasteiger charge is 1.98. The molecule has 0 aromatic rings. The third-order valence-corrected chi connectivity index (χ3v) is 0.649. The Morgan fingerprint density at radius 2 is 3.14 bits per heavy atom. The summed E-state index contributed by atoms with van der Waals surface area (Å²) in [6.45, 7) is -2.99. The summed E-state index contributed by atoms with van der Waals surface area (Å²) in [5.41, 5.74) is 0. The first-order valence-electron chi connectivity index (χ1n) is 6.57. The minimum Gasteiger partial charge on any atom is -0.0883 e. The summed E-state index contributed by atoms with van der Waals surface area (Å²) in [5, 5.41) is 0. The molecule has 0 heterocycles. The monoisotopic (exact) mass is 105 g/mol. The van der Waals surface area contributed by atoms with Crippen LogP contribution in [-0.2, 0) is 0 Å². The Labute approximate surface area is 57.9 Å². The van der Waals surface area contributed by atoms with E-state index in [0.717, 1.165) is 12.2 Å². The van der Waals surface area contributed by atoms with E-state index in [1.807, 2.05) is 0 Å². The van der Waals surface area contributed by atoms with Crippen LogP contribution in [0.15, 0.2) is 12.2 Å². The Morgan fingerprint density at radius 3 is 4.00 bits per heavy atom. The SMILES string of the molecule is [2H]C1C=CC([2H])(C([2H])([2H])[2H])C([2H])([2H])C1([2H])[2H]. The van der Waals surface area contributed by atoms with Crippen LogP contribution in [0.2, 0.25) is 0 Å². The maximum Gasteiger partial charge on any atom is 0.0343 e. The molecule has 0 saturated carbocycles. The molecular formula is C7H12. The van der Waals surface area contributed by atoms with Crippen molar-refractivity contribution in [1.82, 2.24) is 0 Å². The Balaban J connectivity index is 3.41. The number of allylic oxidation sites excluding steroid dienone is 2. The van der Waals surface area contributed by atoms with Gasteiger partial charge in [0.2, 0.25) is 0 Å². The van der Waals surface area contributed by atoms with Crippen LogP contribution in [0.4, 0.5) is 0 Å². The maximum absolute atomic E-state index is 7.67. The quantitative estimate of drug-likeness (QED) is 0.415. The van der Waals surface area contributed by atoms with E-state index in [1.165, 1.54) is 0 Å². The summed E-state index contributed by atoms with van der Waals surface area (Å²) in [4.78, 5) is 0. The molecule has 0 aromatic heterocycles. The maximum atomic E-state index is 7.67. The lowest BCUT2D eigenvalue weighted by Crippen LogP contribution is -1.92. The molecule has 0 heteroatoms. The largest absolute Gasteiger partial charge is 0.0883 e. The number of hydrogen-bond donors (Lipinski definition) is 0. The molecule has 40 valence electrons. The minimum atomic E-state index is -2.99. The topological polar surface area (TPSA) is 0 Å². The predicted octanol–water partition coefficient (Wildman–Crippen LogP) is 2.36. The van der Waals surface area contributed by atoms with E-state index in [-0.39, 0.29) is 0 Å². The Bertz CT molecular complexity index is 314. The van der Waals surface area contributed by atoms with Gasteiger partial charge in [0.25, 0.3) is 0 Å². The van der Waals surface area contributed by atoms with Crippen LogP contribution in [0.25, 0.3) is 0 Å². The molecule has 0 nitrogen and oxygen atoms in total. The van der Waals surface area contributed by atoms with E-state index < -0.39 is 31.9 Å². The van der Waals surface area contributed by atoms with E-state index in [1.54, 1.807) is 0 Å². The molecule has 0 radical (unpaired) electrons. The average Bonchev–Trinajstić information content (AvgIpc) is 2.08. The van der Waals surface area contributed by atoms with Crippen molar-refractivity contribution in [3.8, 4) is 0 Å². The van der Waals surface area contributed by atoms with Crippen LogP contribution in [0.1, 0.15) is 38.3 Å². The Kier molecular flexibility index (Phi) is 0.276. The normalized spacial score (nSPS) is 86.9. The van der Waals surface area contributed by atoms with Crippen LogP contribution in [-0.4, -0.2) is 0 Å². The lowest BCUT2D eigenvalue weighted by molar-refractivity contribution is 0.584. The fraction of sp³-hybridized carbons (Fsp3) is 0.714. The van der Waals surface area contributed by atoms with E-state index in [9.17, 15) is 0 Å². The zero-order valence-corrected chi connectivity index (χ0v) is 3.73. The first-order chi connectivity index (χ1) is 6.88. The van der Waals surface area contributed by atoms with E-state index >= 15 is 0 Å². The molecule has 7 heavy (non-hydrogen) atoms. The van der Waals surface area contributed by atoms with Crippen LogP contribution in [0.3, 0.4) is 0 Å². The molecule has 0 amide bonds. The van der Waals surface area contributed by atoms with Gasteiger partial charge in [0.15, 0.2) is 0 Å². The summed E-state index contributed by atoms with van der Waals surface area (Å²) in [6.07, 6.45) is -5.47. The second-order valence-electron chi connectivity index (χ2n) is 1.21. The van der Waals surface area contributed by atoms with Crippen LogP contribution < -0.4 is 0 Å². The molecule has 2 atom stereocenters. The van der Waals surface area contributed by atoms with Crippen molar-refractivity contribution in [2.75, 3.05) is 0 Å². The molecule has 0 aliphatic heterocycles. The minimum absolute atomic E-state index is 0.777. The zero-order valence-electron chi connectivity index (χ0n) is 12.7. The summed E-state index contributed by atoms with van der Waals surface area (Å²) in [5.74, 6) is -2.67. The molecule has 0 bridgehead atoms. The van der Waals surface area contributed by atoms with Crippen molar-refractivity contribution < 1.29 is 12.3 Å². The smallest absolute Gasteiger partial charge is 0.0343 e. The summed E-state index contributed by atoms with van der Waals surface area (Å²) < 4.78 is 66.4. The van der Waals surface area contributed by atoms with Crippen LogP contribution in [0.5, 0.6) is 0 Å². The zero-order chi connectivity index (χ0) is 13.0. The van der Waals surface area contributed by atoms with E-state index in [4.69, 9.17) is 12.3 Å². The van der Waals surface area contributed by atoms with Crippen molar-refractivity contribution in [2.45, 2.75) is 26.0 Å². The summed E-state index contributed by atoms with van der Waals surface area (Å²) in [7, 11) is 0. The van der Waals surface area contributed by atoms with Crippen molar-refractivity contribution in [1.29, 1.82) is 0 Å². The highest BCUT2D eigenvalue weighted by molar-refractivity contribution is 4.90. The van der Waals surface area contributed by atoms with E-state index in [2.05, 4.69) is 0 Å². The van der Waals surface area contributed by atoms with Gasteiger partial charge < -0.3 is 0 Å². The molecule has 0 aromatic carbocycles. The second-order valence-corrected chi connectivity index (χ2v) is 1.21. The van der Waals surface area contributed by atoms with E-state index in [0.29, 0.717) is 0 Å². The molecule has 0 spiro atoms. The van der Waals surface area contributed by atoms with Gasteiger partial charge in [0.05, 0.1) is 0 Å². The predicted molar refractivity (Wildman–Crippen MR) is 32.2 cm³/mol. The molecule has 0 N–H and O–H groups in total. The standard InChI is InChI=1S/C7H12/c1-7-5-3-2-4-6-7/h3,5,7H,2,4,6H2,1H3/i1D3,2D,4D2,6D2,7D. The third-order valence-electron chi connectivity index (χ3n) is 0.649. The lowest BCUT2D eigenvalue weighted by atomic mass is 9.98. The van der Waals surface area contributed by atoms with Crippen molar-refractivity contribution in [3.63, 3.8) is 0 Å². The highest BCUT2D eigenvalue weighted by atomic mass is 14.0. The molecule has 0 saturated heterocycles. The fourth-order valence-electron chi connectivity index (χ4n) is 0.354. The van der Waals surface area contributed by atoms with Gasteiger partial charge in [-0.15, -0.1) is 0 Å².